The molecule has 1 heterocycles. The van der Waals surface area contributed by atoms with Crippen molar-refractivity contribution in [3.63, 3.8) is 0 Å². The van der Waals surface area contributed by atoms with Gasteiger partial charge in [-0.15, -0.1) is 0 Å². The van der Waals surface area contributed by atoms with Gasteiger partial charge in [0.2, 0.25) is 0 Å². The molecule has 0 spiro atoms. The molecule has 0 bridgehead atoms. The van der Waals surface area contributed by atoms with E-state index in [-0.39, 0.29) is 6.61 Å². The maximum absolute atomic E-state index is 12.1. The van der Waals surface area contributed by atoms with Crippen LogP contribution in [-0.4, -0.2) is 30.8 Å². The molecule has 1 aromatic carbocycles. The molecule has 112 valence electrons. The molecule has 0 N–H and O–H groups in total. The van der Waals surface area contributed by atoms with Crippen molar-refractivity contribution < 1.29 is 14.3 Å². The van der Waals surface area contributed by atoms with Gasteiger partial charge in [-0.25, -0.2) is 9.78 Å². The Morgan fingerprint density at radius 3 is 2.67 bits per heavy atom. The Morgan fingerprint density at radius 2 is 1.95 bits per heavy atom. The number of hydrogen-bond donors (Lipinski definition) is 0. The summed E-state index contributed by atoms with van der Waals surface area (Å²) in [7, 11) is 0. The van der Waals surface area contributed by atoms with E-state index in [1.807, 2.05) is 24.3 Å². The summed E-state index contributed by atoms with van der Waals surface area (Å²) in [6, 6.07) is 7.36. The lowest BCUT2D eigenvalue weighted by molar-refractivity contribution is 0.0279. The number of aromatic nitrogens is 1. The topological polar surface area (TPSA) is 48.4 Å². The molecule has 0 saturated carbocycles. The monoisotopic (exact) mass is 307 g/mol. The first-order chi connectivity index (χ1) is 10.1. The van der Waals surface area contributed by atoms with Gasteiger partial charge in [0.25, 0.3) is 0 Å². The largest absolute Gasteiger partial charge is 0.460 e. The quantitative estimate of drug-likeness (QED) is 0.463. The smallest absolute Gasteiger partial charge is 0.340 e. The van der Waals surface area contributed by atoms with Crippen LogP contribution < -0.4 is 0 Å². The van der Waals surface area contributed by atoms with E-state index in [0.717, 1.165) is 10.8 Å². The van der Waals surface area contributed by atoms with Crippen LogP contribution >= 0.6 is 11.6 Å². The number of carbonyl (C=O) groups excluding carboxylic acids is 1. The number of esters is 1. The first-order valence-corrected chi connectivity index (χ1v) is 7.25. The van der Waals surface area contributed by atoms with E-state index in [9.17, 15) is 4.79 Å². The fraction of sp³-hybridized carbons (Fsp3) is 0.375. The van der Waals surface area contributed by atoms with Gasteiger partial charge in [-0.1, -0.05) is 49.7 Å². The van der Waals surface area contributed by atoms with Crippen molar-refractivity contribution in [3.8, 4) is 0 Å². The van der Waals surface area contributed by atoms with Crippen molar-refractivity contribution in [1.29, 1.82) is 0 Å². The van der Waals surface area contributed by atoms with Crippen LogP contribution in [0, 0.1) is 5.92 Å². The molecule has 2 aromatic rings. The highest BCUT2D eigenvalue weighted by atomic mass is 35.5. The summed E-state index contributed by atoms with van der Waals surface area (Å²) in [6.07, 6.45) is 1.45. The van der Waals surface area contributed by atoms with Gasteiger partial charge in [0.15, 0.2) is 0 Å². The van der Waals surface area contributed by atoms with Crippen molar-refractivity contribution in [3.05, 3.63) is 41.2 Å². The molecule has 1 aromatic heterocycles. The van der Waals surface area contributed by atoms with Gasteiger partial charge in [0, 0.05) is 23.6 Å². The summed E-state index contributed by atoms with van der Waals surface area (Å²) in [5, 5.41) is 1.86. The third-order valence-corrected chi connectivity index (χ3v) is 3.18. The second kappa shape index (κ2) is 7.38. The van der Waals surface area contributed by atoms with Gasteiger partial charge in [0.05, 0.1) is 12.2 Å². The summed E-state index contributed by atoms with van der Waals surface area (Å²) in [5.41, 5.74) is 0.416. The standard InChI is InChI=1S/C16H18ClNO3/c1-11(2)10-20-7-8-21-16(19)14-9-18-15(17)13-6-4-3-5-12(13)14/h3-6,9,11H,7-8,10H2,1-2H3. The minimum absolute atomic E-state index is 0.225. The SMILES string of the molecule is CC(C)COCCOC(=O)c1cnc(Cl)c2ccccc12. The number of hydrogen-bond acceptors (Lipinski definition) is 4. The number of ether oxygens (including phenoxy) is 2. The van der Waals surface area contributed by atoms with Crippen molar-refractivity contribution in [2.75, 3.05) is 19.8 Å². The number of halogens is 1. The molecule has 2 rings (SSSR count). The minimum Gasteiger partial charge on any atom is -0.460 e. The molecular weight excluding hydrogens is 290 g/mol. The number of nitrogens with zero attached hydrogens (tertiary/aromatic N) is 1. The molecule has 0 amide bonds. The molecule has 0 aliphatic rings. The lowest BCUT2D eigenvalue weighted by atomic mass is 10.1. The van der Waals surface area contributed by atoms with Gasteiger partial charge in [-0.2, -0.15) is 0 Å². The molecule has 0 radical (unpaired) electrons. The third-order valence-electron chi connectivity index (χ3n) is 2.88. The molecule has 0 unspecified atom stereocenters. The molecular formula is C16H18ClNO3. The van der Waals surface area contributed by atoms with E-state index >= 15 is 0 Å². The van der Waals surface area contributed by atoms with E-state index in [4.69, 9.17) is 21.1 Å². The van der Waals surface area contributed by atoms with Crippen LogP contribution in [0.2, 0.25) is 5.15 Å². The van der Waals surface area contributed by atoms with E-state index in [1.54, 1.807) is 0 Å². The maximum atomic E-state index is 12.1. The van der Waals surface area contributed by atoms with Gasteiger partial charge in [-0.05, 0) is 5.92 Å². The summed E-state index contributed by atoms with van der Waals surface area (Å²) < 4.78 is 10.6. The van der Waals surface area contributed by atoms with Crippen LogP contribution in [0.5, 0.6) is 0 Å². The number of rotatable bonds is 6. The number of fused-ring (bicyclic) bond motifs is 1. The predicted octanol–water partition coefficient (Wildman–Crippen LogP) is 3.72. The molecule has 21 heavy (non-hydrogen) atoms. The lowest BCUT2D eigenvalue weighted by Gasteiger charge is -2.09. The van der Waals surface area contributed by atoms with Crippen LogP contribution in [0.4, 0.5) is 0 Å². The van der Waals surface area contributed by atoms with Gasteiger partial charge in [-0.3, -0.25) is 0 Å². The highest BCUT2D eigenvalue weighted by molar-refractivity contribution is 6.34. The zero-order chi connectivity index (χ0) is 15.2. The van der Waals surface area contributed by atoms with Crippen LogP contribution in [0.1, 0.15) is 24.2 Å². The average molecular weight is 308 g/mol. The van der Waals surface area contributed by atoms with Crippen molar-refractivity contribution >= 4 is 28.3 Å². The second-order valence-electron chi connectivity index (χ2n) is 5.11. The van der Waals surface area contributed by atoms with Crippen LogP contribution in [0.25, 0.3) is 10.8 Å². The van der Waals surface area contributed by atoms with E-state index in [1.165, 1.54) is 6.20 Å². The van der Waals surface area contributed by atoms with Crippen molar-refractivity contribution in [2.45, 2.75) is 13.8 Å². The molecule has 0 fully saturated rings. The molecule has 0 aliphatic carbocycles. The van der Waals surface area contributed by atoms with Gasteiger partial charge < -0.3 is 9.47 Å². The third kappa shape index (κ3) is 4.16. The fourth-order valence-corrected chi connectivity index (χ4v) is 2.12. The summed E-state index contributed by atoms with van der Waals surface area (Å²) in [6.45, 7) is 5.41. The first kappa shape index (κ1) is 15.7. The minimum atomic E-state index is -0.413. The zero-order valence-electron chi connectivity index (χ0n) is 12.1. The fourth-order valence-electron chi connectivity index (χ4n) is 1.91. The van der Waals surface area contributed by atoms with E-state index < -0.39 is 5.97 Å². The Bertz CT molecular complexity index is 628. The highest BCUT2D eigenvalue weighted by Crippen LogP contribution is 2.24. The predicted molar refractivity (Wildman–Crippen MR) is 82.7 cm³/mol. The number of benzene rings is 1. The Kier molecular flexibility index (Phi) is 5.53. The Balaban J connectivity index is 2.02. The molecule has 4 nitrogen and oxygen atoms in total. The Labute approximate surface area is 129 Å². The van der Waals surface area contributed by atoms with E-state index in [2.05, 4.69) is 18.8 Å². The molecule has 0 atom stereocenters. The molecule has 0 aliphatic heterocycles. The van der Waals surface area contributed by atoms with Crippen LogP contribution in [0.3, 0.4) is 0 Å². The summed E-state index contributed by atoms with van der Waals surface area (Å²) in [4.78, 5) is 16.1. The van der Waals surface area contributed by atoms with Crippen LogP contribution in [0.15, 0.2) is 30.5 Å². The normalized spacial score (nSPS) is 11.0. The highest BCUT2D eigenvalue weighted by Gasteiger charge is 2.13. The van der Waals surface area contributed by atoms with Gasteiger partial charge in [0.1, 0.15) is 11.8 Å². The molecule has 0 saturated heterocycles. The molecule has 5 heteroatoms. The average Bonchev–Trinajstić information content (AvgIpc) is 2.47. The summed E-state index contributed by atoms with van der Waals surface area (Å²) in [5.74, 6) is 0.0497. The first-order valence-electron chi connectivity index (χ1n) is 6.87. The zero-order valence-corrected chi connectivity index (χ0v) is 12.9. The summed E-state index contributed by atoms with van der Waals surface area (Å²) >= 11 is 6.03. The number of carbonyl (C=O) groups is 1. The Morgan fingerprint density at radius 1 is 1.24 bits per heavy atom. The van der Waals surface area contributed by atoms with Crippen molar-refractivity contribution in [2.24, 2.45) is 5.92 Å². The van der Waals surface area contributed by atoms with E-state index in [0.29, 0.717) is 29.8 Å². The van der Waals surface area contributed by atoms with Gasteiger partial charge >= 0.3 is 5.97 Å². The number of pyridine rings is 1. The van der Waals surface area contributed by atoms with Crippen molar-refractivity contribution in [1.82, 2.24) is 4.98 Å². The van der Waals surface area contributed by atoms with Crippen LogP contribution in [-0.2, 0) is 9.47 Å². The maximum Gasteiger partial charge on any atom is 0.340 e. The second-order valence-corrected chi connectivity index (χ2v) is 5.47. The Hall–Kier alpha value is -1.65. The lowest BCUT2D eigenvalue weighted by Crippen LogP contribution is -2.13.